The molecule has 1 N–H and O–H groups in total. The first-order valence-electron chi connectivity index (χ1n) is 14.6. The van der Waals surface area contributed by atoms with Crippen molar-refractivity contribution in [2.24, 2.45) is 11.8 Å². The van der Waals surface area contributed by atoms with Crippen LogP contribution in [-0.4, -0.2) is 43.8 Å². The molecule has 3 aromatic carbocycles. The standard InChI is InChI=1S/C33H37N5O4/c1-23(2)31(35-32(39)17-29-18-34-22-37(29)19-24-13-15-28(16-14-24)38(41)42)21-36(33(40)26-9-6-10-26)20-27-11-5-8-25-7-3-4-12-30(25)27/h3-5,7-8,11-16,18,22-23,26,31H,6,9-10,17,19-21H2,1-2H3,(H,35,39)/t31-/m1/s1. The molecule has 1 saturated carbocycles. The first kappa shape index (κ1) is 29.0. The predicted octanol–water partition coefficient (Wildman–Crippen LogP) is 5.51. The lowest BCUT2D eigenvalue weighted by Crippen LogP contribution is -2.50. The van der Waals surface area contributed by atoms with Gasteiger partial charge in [-0.25, -0.2) is 4.98 Å². The van der Waals surface area contributed by atoms with E-state index >= 15 is 0 Å². The van der Waals surface area contributed by atoms with E-state index in [2.05, 4.69) is 48.4 Å². The number of nitro benzene ring substituents is 1. The zero-order chi connectivity index (χ0) is 29.6. The number of hydrogen-bond acceptors (Lipinski definition) is 5. The summed E-state index contributed by atoms with van der Waals surface area (Å²) in [7, 11) is 0. The van der Waals surface area contributed by atoms with Crippen molar-refractivity contribution in [3.63, 3.8) is 0 Å². The van der Waals surface area contributed by atoms with Crippen molar-refractivity contribution in [3.05, 3.63) is 106 Å². The second-order valence-corrected chi connectivity index (χ2v) is 11.5. The summed E-state index contributed by atoms with van der Waals surface area (Å²) in [6.45, 7) is 5.51. The lowest BCUT2D eigenvalue weighted by atomic mass is 9.84. The van der Waals surface area contributed by atoms with Gasteiger partial charge in [0.15, 0.2) is 0 Å². The van der Waals surface area contributed by atoms with Crippen LogP contribution in [0, 0.1) is 22.0 Å². The maximum absolute atomic E-state index is 13.6. The van der Waals surface area contributed by atoms with Gasteiger partial charge < -0.3 is 14.8 Å². The Morgan fingerprint density at radius 3 is 2.50 bits per heavy atom. The molecule has 9 heteroatoms. The van der Waals surface area contributed by atoms with Gasteiger partial charge in [-0.15, -0.1) is 0 Å². The number of carbonyl (C=O) groups excluding carboxylic acids is 2. The number of benzene rings is 3. The topological polar surface area (TPSA) is 110 Å². The number of nitrogens with zero attached hydrogens (tertiary/aromatic N) is 4. The number of amides is 2. The molecule has 5 rings (SSSR count). The molecule has 0 spiro atoms. The van der Waals surface area contributed by atoms with E-state index in [1.165, 1.54) is 12.1 Å². The van der Waals surface area contributed by atoms with Crippen LogP contribution in [0.25, 0.3) is 10.8 Å². The van der Waals surface area contributed by atoms with Gasteiger partial charge in [0.05, 0.1) is 17.7 Å². The van der Waals surface area contributed by atoms with Gasteiger partial charge in [0.2, 0.25) is 11.8 Å². The summed E-state index contributed by atoms with van der Waals surface area (Å²) in [5.41, 5.74) is 2.75. The van der Waals surface area contributed by atoms with Crippen molar-refractivity contribution in [1.29, 1.82) is 0 Å². The molecule has 0 saturated heterocycles. The van der Waals surface area contributed by atoms with Gasteiger partial charge in [0, 0.05) is 55.6 Å². The number of hydrogen-bond donors (Lipinski definition) is 1. The largest absolute Gasteiger partial charge is 0.351 e. The van der Waals surface area contributed by atoms with Crippen molar-refractivity contribution in [2.75, 3.05) is 6.54 Å². The lowest BCUT2D eigenvalue weighted by Gasteiger charge is -2.35. The Bertz CT molecular complexity index is 1550. The minimum Gasteiger partial charge on any atom is -0.351 e. The Balaban J connectivity index is 1.28. The van der Waals surface area contributed by atoms with Crippen LogP contribution in [0.1, 0.15) is 49.9 Å². The minimum atomic E-state index is -0.426. The number of imidazole rings is 1. The molecule has 1 aromatic heterocycles. The fourth-order valence-electron chi connectivity index (χ4n) is 5.42. The van der Waals surface area contributed by atoms with Crippen LogP contribution < -0.4 is 5.32 Å². The number of rotatable bonds is 12. The monoisotopic (exact) mass is 567 g/mol. The summed E-state index contributed by atoms with van der Waals surface area (Å²) >= 11 is 0. The normalized spacial score (nSPS) is 14.0. The average Bonchev–Trinajstić information content (AvgIpc) is 3.37. The highest BCUT2D eigenvalue weighted by Crippen LogP contribution is 2.30. The molecule has 0 aliphatic heterocycles. The summed E-state index contributed by atoms with van der Waals surface area (Å²) in [6.07, 6.45) is 6.38. The molecule has 1 aliphatic carbocycles. The van der Waals surface area contributed by atoms with Crippen molar-refractivity contribution in [2.45, 2.75) is 58.7 Å². The number of non-ortho nitro benzene ring substituents is 1. The Morgan fingerprint density at radius 1 is 1.07 bits per heavy atom. The lowest BCUT2D eigenvalue weighted by molar-refractivity contribution is -0.384. The van der Waals surface area contributed by atoms with E-state index < -0.39 is 4.92 Å². The van der Waals surface area contributed by atoms with Crippen LogP contribution >= 0.6 is 0 Å². The van der Waals surface area contributed by atoms with Crippen LogP contribution in [0.15, 0.2) is 79.3 Å². The summed E-state index contributed by atoms with van der Waals surface area (Å²) in [4.78, 5) is 43.6. The third kappa shape index (κ3) is 6.84. The number of nitro groups is 1. The van der Waals surface area contributed by atoms with Crippen molar-refractivity contribution >= 4 is 28.3 Å². The quantitative estimate of drug-likeness (QED) is 0.179. The Kier molecular flexibility index (Phi) is 8.95. The molecule has 2 amide bonds. The van der Waals surface area contributed by atoms with Crippen molar-refractivity contribution in [3.8, 4) is 0 Å². The predicted molar refractivity (Wildman–Crippen MR) is 162 cm³/mol. The van der Waals surface area contributed by atoms with Gasteiger partial charge in [-0.3, -0.25) is 19.7 Å². The van der Waals surface area contributed by atoms with E-state index in [-0.39, 0.29) is 41.8 Å². The number of fused-ring (bicyclic) bond motifs is 1. The van der Waals surface area contributed by atoms with Crippen LogP contribution in [0.2, 0.25) is 0 Å². The SMILES string of the molecule is CC(C)[C@@H](CN(Cc1cccc2ccccc12)C(=O)C1CCC1)NC(=O)Cc1cncn1Cc1ccc([N+](=O)[O-])cc1. The van der Waals surface area contributed by atoms with Crippen LogP contribution in [-0.2, 0) is 29.1 Å². The highest BCUT2D eigenvalue weighted by Gasteiger charge is 2.32. The van der Waals surface area contributed by atoms with E-state index in [0.717, 1.165) is 46.9 Å². The van der Waals surface area contributed by atoms with Crippen LogP contribution in [0.5, 0.6) is 0 Å². The first-order valence-corrected chi connectivity index (χ1v) is 14.6. The molecule has 1 fully saturated rings. The molecule has 0 radical (unpaired) electrons. The Labute approximate surface area is 245 Å². The van der Waals surface area contributed by atoms with E-state index in [1.54, 1.807) is 24.7 Å². The molecule has 9 nitrogen and oxygen atoms in total. The molecule has 4 aromatic rings. The summed E-state index contributed by atoms with van der Waals surface area (Å²) in [5, 5.41) is 16.4. The summed E-state index contributed by atoms with van der Waals surface area (Å²) < 4.78 is 1.87. The van der Waals surface area contributed by atoms with Gasteiger partial charge in [-0.1, -0.05) is 74.9 Å². The summed E-state index contributed by atoms with van der Waals surface area (Å²) in [5.74, 6) is 0.191. The second-order valence-electron chi connectivity index (χ2n) is 11.5. The Hall–Kier alpha value is -4.53. The van der Waals surface area contributed by atoms with E-state index in [0.29, 0.717) is 19.6 Å². The van der Waals surface area contributed by atoms with E-state index in [9.17, 15) is 19.7 Å². The first-order chi connectivity index (χ1) is 20.3. The van der Waals surface area contributed by atoms with Gasteiger partial charge in [-0.2, -0.15) is 0 Å². The van der Waals surface area contributed by atoms with E-state index in [1.807, 2.05) is 27.7 Å². The van der Waals surface area contributed by atoms with Crippen LogP contribution in [0.3, 0.4) is 0 Å². The second kappa shape index (κ2) is 13.0. The third-order valence-corrected chi connectivity index (χ3v) is 8.22. The zero-order valence-corrected chi connectivity index (χ0v) is 24.1. The molecule has 0 unspecified atom stereocenters. The maximum atomic E-state index is 13.6. The van der Waals surface area contributed by atoms with Crippen LogP contribution in [0.4, 0.5) is 5.69 Å². The molecular formula is C33H37N5O4. The maximum Gasteiger partial charge on any atom is 0.269 e. The number of carbonyl (C=O) groups is 2. The van der Waals surface area contributed by atoms with E-state index in [4.69, 9.17) is 0 Å². The molecular weight excluding hydrogens is 530 g/mol. The highest BCUT2D eigenvalue weighted by molar-refractivity contribution is 5.86. The van der Waals surface area contributed by atoms with Gasteiger partial charge in [-0.05, 0) is 40.7 Å². The fraction of sp³-hybridized carbons (Fsp3) is 0.364. The molecule has 218 valence electrons. The molecule has 1 atom stereocenters. The molecule has 42 heavy (non-hydrogen) atoms. The van der Waals surface area contributed by atoms with Crippen molar-refractivity contribution in [1.82, 2.24) is 19.8 Å². The number of aromatic nitrogens is 2. The van der Waals surface area contributed by atoms with Gasteiger partial charge >= 0.3 is 0 Å². The van der Waals surface area contributed by atoms with Crippen molar-refractivity contribution < 1.29 is 14.5 Å². The molecule has 1 heterocycles. The molecule has 1 aliphatic rings. The Morgan fingerprint density at radius 2 is 1.81 bits per heavy atom. The van der Waals surface area contributed by atoms with Gasteiger partial charge in [0.25, 0.3) is 5.69 Å². The smallest absolute Gasteiger partial charge is 0.269 e. The molecule has 0 bridgehead atoms. The minimum absolute atomic E-state index is 0.0361. The third-order valence-electron chi connectivity index (χ3n) is 8.22. The number of nitrogens with one attached hydrogen (secondary N) is 1. The highest BCUT2D eigenvalue weighted by atomic mass is 16.6. The fourth-order valence-corrected chi connectivity index (χ4v) is 5.42. The average molecular weight is 568 g/mol. The van der Waals surface area contributed by atoms with Gasteiger partial charge in [0.1, 0.15) is 0 Å². The summed E-state index contributed by atoms with van der Waals surface area (Å²) in [6, 6.07) is 20.6. The zero-order valence-electron chi connectivity index (χ0n) is 24.1.